The van der Waals surface area contributed by atoms with Gasteiger partial charge in [-0.05, 0) is 42.3 Å². The van der Waals surface area contributed by atoms with Crippen LogP contribution in [0.15, 0.2) is 29.2 Å². The summed E-state index contributed by atoms with van der Waals surface area (Å²) in [5.74, 6) is 2.08. The smallest absolute Gasteiger partial charge is 0.0322 e. The van der Waals surface area contributed by atoms with E-state index in [1.165, 1.54) is 49.0 Å². The van der Waals surface area contributed by atoms with Crippen LogP contribution in [-0.4, -0.2) is 12.3 Å². The van der Waals surface area contributed by atoms with E-state index >= 15 is 0 Å². The molecule has 0 amide bonds. The van der Waals surface area contributed by atoms with Gasteiger partial charge in [-0.3, -0.25) is 0 Å². The number of nitrogens with one attached hydrogen (secondary N) is 1. The van der Waals surface area contributed by atoms with Crippen LogP contribution in [-0.2, 0) is 0 Å². The minimum Gasteiger partial charge on any atom is -0.310 e. The second kappa shape index (κ2) is 8.74. The maximum atomic E-state index is 3.69. The van der Waals surface area contributed by atoms with Gasteiger partial charge in [-0.15, -0.1) is 11.8 Å². The van der Waals surface area contributed by atoms with E-state index in [9.17, 15) is 0 Å². The van der Waals surface area contributed by atoms with Gasteiger partial charge in [-0.25, -0.2) is 0 Å². The highest BCUT2D eigenvalue weighted by Crippen LogP contribution is 2.32. The van der Waals surface area contributed by atoms with E-state index in [0.29, 0.717) is 6.04 Å². The zero-order chi connectivity index (χ0) is 14.2. The Bertz CT molecular complexity index is 368. The van der Waals surface area contributed by atoms with Gasteiger partial charge in [0.2, 0.25) is 0 Å². The first kappa shape index (κ1) is 15.9. The summed E-state index contributed by atoms with van der Waals surface area (Å²) in [6, 6.07) is 9.77. The van der Waals surface area contributed by atoms with Crippen LogP contribution in [0, 0.1) is 5.92 Å². The molecule has 0 bridgehead atoms. The number of thioether (sulfide) groups is 1. The van der Waals surface area contributed by atoms with Gasteiger partial charge in [0, 0.05) is 10.9 Å². The van der Waals surface area contributed by atoms with E-state index in [1.807, 2.05) is 11.8 Å². The molecule has 2 rings (SSSR count). The van der Waals surface area contributed by atoms with Crippen LogP contribution in [0.25, 0.3) is 0 Å². The molecule has 1 aliphatic rings. The summed E-state index contributed by atoms with van der Waals surface area (Å²) in [6.07, 6.45) is 8.52. The highest BCUT2D eigenvalue weighted by Gasteiger charge is 2.19. The molecule has 1 aromatic rings. The third-order valence-corrected chi connectivity index (χ3v) is 5.23. The number of hydrogen-bond acceptors (Lipinski definition) is 2. The minimum absolute atomic E-state index is 0.545. The first-order chi connectivity index (χ1) is 9.83. The lowest BCUT2D eigenvalue weighted by Crippen LogP contribution is -2.24. The Morgan fingerprint density at radius 3 is 2.40 bits per heavy atom. The topological polar surface area (TPSA) is 12.0 Å². The lowest BCUT2D eigenvalue weighted by atomic mass is 9.83. The van der Waals surface area contributed by atoms with Crippen molar-refractivity contribution < 1.29 is 0 Å². The van der Waals surface area contributed by atoms with Crippen molar-refractivity contribution in [3.8, 4) is 0 Å². The molecule has 1 atom stereocenters. The molecule has 0 aliphatic heterocycles. The van der Waals surface area contributed by atoms with Crippen molar-refractivity contribution in [3.63, 3.8) is 0 Å². The van der Waals surface area contributed by atoms with Crippen molar-refractivity contribution >= 4 is 11.8 Å². The molecule has 1 saturated carbocycles. The van der Waals surface area contributed by atoms with Gasteiger partial charge in [0.25, 0.3) is 0 Å². The molecule has 20 heavy (non-hydrogen) atoms. The average molecular weight is 292 g/mol. The maximum Gasteiger partial charge on any atom is 0.0322 e. The maximum absolute atomic E-state index is 3.69. The molecule has 1 unspecified atom stereocenters. The molecule has 0 radical (unpaired) electrons. The molecular weight excluding hydrogens is 262 g/mol. The molecule has 0 aromatic heterocycles. The Morgan fingerprint density at radius 2 is 1.80 bits per heavy atom. The van der Waals surface area contributed by atoms with Crippen LogP contribution >= 0.6 is 11.8 Å². The van der Waals surface area contributed by atoms with Gasteiger partial charge in [0.1, 0.15) is 0 Å². The fourth-order valence-corrected chi connectivity index (χ4v) is 3.96. The molecule has 0 saturated heterocycles. The highest BCUT2D eigenvalue weighted by molar-refractivity contribution is 7.99. The van der Waals surface area contributed by atoms with Crippen molar-refractivity contribution in [2.75, 3.05) is 12.3 Å². The third-order valence-electron chi connectivity index (χ3n) is 4.34. The largest absolute Gasteiger partial charge is 0.310 e. The van der Waals surface area contributed by atoms with Gasteiger partial charge < -0.3 is 5.32 Å². The van der Waals surface area contributed by atoms with Crippen molar-refractivity contribution in [2.24, 2.45) is 5.92 Å². The predicted molar refractivity (Wildman–Crippen MR) is 90.4 cm³/mol. The van der Waals surface area contributed by atoms with E-state index in [2.05, 4.69) is 43.4 Å². The zero-order valence-electron chi connectivity index (χ0n) is 13.0. The standard InChI is InChI=1S/C18H29NS/c1-3-19-18(14-15-8-6-5-7-9-15)16-10-12-17(13-11-16)20-4-2/h10-13,15,18-19H,3-9,14H2,1-2H3. The first-order valence-electron chi connectivity index (χ1n) is 8.29. The van der Waals surface area contributed by atoms with Crippen LogP contribution in [0.4, 0.5) is 0 Å². The van der Waals surface area contributed by atoms with Gasteiger partial charge in [-0.2, -0.15) is 0 Å². The molecule has 2 heteroatoms. The van der Waals surface area contributed by atoms with E-state index < -0.39 is 0 Å². The molecular formula is C18H29NS. The van der Waals surface area contributed by atoms with Crippen molar-refractivity contribution in [1.29, 1.82) is 0 Å². The SMILES string of the molecule is CCNC(CC1CCCCC1)c1ccc(SCC)cc1. The molecule has 1 aliphatic carbocycles. The lowest BCUT2D eigenvalue weighted by molar-refractivity contribution is 0.301. The lowest BCUT2D eigenvalue weighted by Gasteiger charge is -2.27. The van der Waals surface area contributed by atoms with Crippen LogP contribution in [0.5, 0.6) is 0 Å². The molecule has 112 valence electrons. The summed E-state index contributed by atoms with van der Waals surface area (Å²) in [5.41, 5.74) is 1.47. The third kappa shape index (κ3) is 4.82. The fourth-order valence-electron chi connectivity index (χ4n) is 3.30. The molecule has 0 spiro atoms. The summed E-state index contributed by atoms with van der Waals surface area (Å²) in [6.45, 7) is 5.49. The Hall–Kier alpha value is -0.470. The fraction of sp³-hybridized carbons (Fsp3) is 0.667. The quantitative estimate of drug-likeness (QED) is 0.673. The van der Waals surface area contributed by atoms with Crippen LogP contribution in [0.2, 0.25) is 0 Å². The number of rotatable bonds is 7. The van der Waals surface area contributed by atoms with E-state index in [-0.39, 0.29) is 0 Å². The molecule has 1 aromatic carbocycles. The van der Waals surface area contributed by atoms with Crippen LogP contribution < -0.4 is 5.32 Å². The van der Waals surface area contributed by atoms with Crippen LogP contribution in [0.3, 0.4) is 0 Å². The zero-order valence-corrected chi connectivity index (χ0v) is 13.8. The monoisotopic (exact) mass is 291 g/mol. The van der Waals surface area contributed by atoms with Gasteiger partial charge in [0.15, 0.2) is 0 Å². The van der Waals surface area contributed by atoms with Crippen molar-refractivity contribution in [1.82, 2.24) is 5.32 Å². The highest BCUT2D eigenvalue weighted by atomic mass is 32.2. The molecule has 1 N–H and O–H groups in total. The molecule has 1 nitrogen and oxygen atoms in total. The van der Waals surface area contributed by atoms with Crippen LogP contribution in [0.1, 0.15) is 64.0 Å². The van der Waals surface area contributed by atoms with E-state index in [0.717, 1.165) is 18.2 Å². The van der Waals surface area contributed by atoms with E-state index in [4.69, 9.17) is 0 Å². The van der Waals surface area contributed by atoms with Gasteiger partial charge >= 0.3 is 0 Å². The molecule has 1 fully saturated rings. The average Bonchev–Trinajstić information content (AvgIpc) is 2.49. The Kier molecular flexibility index (Phi) is 6.95. The summed E-state index contributed by atoms with van der Waals surface area (Å²) in [4.78, 5) is 1.39. The summed E-state index contributed by atoms with van der Waals surface area (Å²) in [7, 11) is 0. The summed E-state index contributed by atoms with van der Waals surface area (Å²) < 4.78 is 0. The number of hydrogen-bond donors (Lipinski definition) is 1. The Balaban J connectivity index is 1.98. The normalized spacial score (nSPS) is 18.1. The Morgan fingerprint density at radius 1 is 1.10 bits per heavy atom. The summed E-state index contributed by atoms with van der Waals surface area (Å²) in [5, 5.41) is 3.69. The Labute approximate surface area is 128 Å². The minimum atomic E-state index is 0.545. The predicted octanol–water partition coefficient (Wildman–Crippen LogP) is 5.42. The van der Waals surface area contributed by atoms with Crippen molar-refractivity contribution in [3.05, 3.63) is 29.8 Å². The second-order valence-corrected chi connectivity index (χ2v) is 7.19. The summed E-state index contributed by atoms with van der Waals surface area (Å²) >= 11 is 1.92. The van der Waals surface area contributed by atoms with Gasteiger partial charge in [-0.1, -0.05) is 58.1 Å². The van der Waals surface area contributed by atoms with Crippen molar-refractivity contribution in [2.45, 2.75) is 63.3 Å². The second-order valence-electron chi connectivity index (χ2n) is 5.85. The van der Waals surface area contributed by atoms with Gasteiger partial charge in [0.05, 0.1) is 0 Å². The van der Waals surface area contributed by atoms with E-state index in [1.54, 1.807) is 0 Å². The first-order valence-corrected chi connectivity index (χ1v) is 9.28. The number of benzene rings is 1. The molecule has 0 heterocycles.